The second-order valence-electron chi connectivity index (χ2n) is 6.96. The van der Waals surface area contributed by atoms with Gasteiger partial charge in [-0.3, -0.25) is 4.99 Å². The van der Waals surface area contributed by atoms with E-state index in [4.69, 9.17) is 9.72 Å². The fourth-order valence-corrected chi connectivity index (χ4v) is 3.05. The van der Waals surface area contributed by atoms with E-state index in [2.05, 4.69) is 57.9 Å². The third-order valence-electron chi connectivity index (χ3n) is 4.68. The number of benzene rings is 1. The van der Waals surface area contributed by atoms with Crippen LogP contribution < -0.4 is 10.1 Å². The van der Waals surface area contributed by atoms with Crippen LogP contribution in [-0.4, -0.2) is 54.0 Å². The molecule has 0 bridgehead atoms. The number of aryl methyl sites for hydroxylation is 2. The molecule has 3 rings (SSSR count). The second-order valence-corrected chi connectivity index (χ2v) is 6.96. The first-order chi connectivity index (χ1) is 13.6. The van der Waals surface area contributed by atoms with E-state index < -0.39 is 0 Å². The second kappa shape index (κ2) is 9.26. The molecule has 1 N–H and O–H groups in total. The van der Waals surface area contributed by atoms with E-state index in [9.17, 15) is 0 Å². The topological polar surface area (TPSA) is 54.2 Å². The van der Waals surface area contributed by atoms with Crippen molar-refractivity contribution in [2.75, 3.05) is 33.8 Å². The lowest BCUT2D eigenvalue weighted by Crippen LogP contribution is -2.41. The molecule has 148 valence electrons. The van der Waals surface area contributed by atoms with Crippen molar-refractivity contribution in [3.8, 4) is 5.75 Å². The molecule has 0 unspecified atom stereocenters. The minimum Gasteiger partial charge on any atom is -0.492 e. The summed E-state index contributed by atoms with van der Waals surface area (Å²) in [4.78, 5) is 11.2. The number of fused-ring (bicyclic) bond motifs is 1. The summed E-state index contributed by atoms with van der Waals surface area (Å²) in [5.74, 6) is 1.75. The van der Waals surface area contributed by atoms with Crippen molar-refractivity contribution in [3.63, 3.8) is 0 Å². The molecule has 0 aliphatic rings. The molecule has 3 aromatic rings. The Morgan fingerprint density at radius 3 is 2.71 bits per heavy atom. The zero-order valence-electron chi connectivity index (χ0n) is 17.1. The van der Waals surface area contributed by atoms with E-state index in [1.54, 1.807) is 7.05 Å². The lowest BCUT2D eigenvalue weighted by molar-refractivity contribution is 0.281. The van der Waals surface area contributed by atoms with Gasteiger partial charge in [-0.05, 0) is 37.6 Å². The first-order valence-electron chi connectivity index (χ1n) is 9.61. The maximum absolute atomic E-state index is 5.81. The highest BCUT2D eigenvalue weighted by Gasteiger charge is 2.07. The fourth-order valence-electron chi connectivity index (χ4n) is 3.05. The molecule has 0 radical (unpaired) electrons. The smallest absolute Gasteiger partial charge is 0.193 e. The van der Waals surface area contributed by atoms with Crippen molar-refractivity contribution in [1.29, 1.82) is 0 Å². The molecule has 0 atom stereocenters. The number of likely N-dealkylation sites (N-methyl/N-ethyl adjacent to an activating group) is 1. The predicted molar refractivity (Wildman–Crippen MR) is 114 cm³/mol. The van der Waals surface area contributed by atoms with Gasteiger partial charge in [0.15, 0.2) is 5.96 Å². The lowest BCUT2D eigenvalue weighted by atomic mass is 10.2. The van der Waals surface area contributed by atoms with Crippen molar-refractivity contribution in [2.45, 2.75) is 20.3 Å². The molecule has 0 aliphatic carbocycles. The zero-order chi connectivity index (χ0) is 19.9. The highest BCUT2D eigenvalue weighted by molar-refractivity contribution is 5.79. The molecule has 2 heterocycles. The highest BCUT2D eigenvalue weighted by atomic mass is 16.5. The number of imidazole rings is 1. The number of aliphatic imine (C=N–C) groups is 1. The summed E-state index contributed by atoms with van der Waals surface area (Å²) in [6.45, 7) is 6.28. The van der Waals surface area contributed by atoms with Crippen LogP contribution >= 0.6 is 0 Å². The van der Waals surface area contributed by atoms with E-state index in [1.807, 2.05) is 31.4 Å². The summed E-state index contributed by atoms with van der Waals surface area (Å²) in [6.07, 6.45) is 4.97. The maximum atomic E-state index is 5.81. The average molecular weight is 380 g/mol. The van der Waals surface area contributed by atoms with Crippen molar-refractivity contribution in [1.82, 2.24) is 19.6 Å². The van der Waals surface area contributed by atoms with Gasteiger partial charge in [-0.15, -0.1) is 0 Å². The van der Waals surface area contributed by atoms with Gasteiger partial charge in [-0.25, -0.2) is 4.98 Å². The van der Waals surface area contributed by atoms with Crippen molar-refractivity contribution < 1.29 is 4.74 Å². The molecule has 0 aliphatic heterocycles. The first kappa shape index (κ1) is 19.7. The lowest BCUT2D eigenvalue weighted by Gasteiger charge is -2.22. The number of aromatic nitrogens is 2. The third kappa shape index (κ3) is 5.03. The summed E-state index contributed by atoms with van der Waals surface area (Å²) in [5.41, 5.74) is 4.51. The minimum atomic E-state index is 0.603. The Morgan fingerprint density at radius 1 is 1.21 bits per heavy atom. The van der Waals surface area contributed by atoms with E-state index in [-0.39, 0.29) is 0 Å². The number of nitrogens with one attached hydrogen (secondary N) is 1. The van der Waals surface area contributed by atoms with Gasteiger partial charge >= 0.3 is 0 Å². The zero-order valence-corrected chi connectivity index (χ0v) is 17.1. The highest BCUT2D eigenvalue weighted by Crippen LogP contribution is 2.11. The van der Waals surface area contributed by atoms with Crippen molar-refractivity contribution in [3.05, 3.63) is 65.6 Å². The Kier molecular flexibility index (Phi) is 6.53. The normalized spacial score (nSPS) is 11.6. The number of pyridine rings is 1. The van der Waals surface area contributed by atoms with Crippen molar-refractivity contribution in [2.24, 2.45) is 4.99 Å². The summed E-state index contributed by atoms with van der Waals surface area (Å²) < 4.78 is 7.89. The van der Waals surface area contributed by atoms with Gasteiger partial charge < -0.3 is 19.4 Å². The van der Waals surface area contributed by atoms with Gasteiger partial charge in [0.25, 0.3) is 0 Å². The van der Waals surface area contributed by atoms with Gasteiger partial charge in [0.2, 0.25) is 0 Å². The predicted octanol–water partition coefficient (Wildman–Crippen LogP) is 3.08. The molecule has 28 heavy (non-hydrogen) atoms. The molecule has 0 amide bonds. The van der Waals surface area contributed by atoms with Crippen LogP contribution in [0.4, 0.5) is 0 Å². The Balaban J connectivity index is 1.45. The SMILES string of the molecule is CN=C(NCCc1cn2cccc(C)c2n1)N(C)CCOc1ccc(C)cc1. The Labute approximate surface area is 166 Å². The van der Waals surface area contributed by atoms with Crippen LogP contribution in [0.5, 0.6) is 5.75 Å². The van der Waals surface area contributed by atoms with Gasteiger partial charge in [0.05, 0.1) is 12.2 Å². The Morgan fingerprint density at radius 2 is 2.00 bits per heavy atom. The average Bonchev–Trinajstić information content (AvgIpc) is 3.11. The van der Waals surface area contributed by atoms with Crippen LogP contribution in [0.2, 0.25) is 0 Å². The number of hydrogen-bond donors (Lipinski definition) is 1. The molecule has 0 saturated heterocycles. The standard InChI is InChI=1S/C22H29N5O/c1-17-7-9-20(10-8-17)28-15-14-26(4)22(23-3)24-12-11-19-16-27-13-5-6-18(2)21(27)25-19/h5-10,13,16H,11-12,14-15H2,1-4H3,(H,23,24). The van der Waals surface area contributed by atoms with Crippen LogP contribution in [-0.2, 0) is 6.42 Å². The summed E-state index contributed by atoms with van der Waals surface area (Å²) in [6, 6.07) is 12.2. The number of rotatable bonds is 7. The fraction of sp³-hybridized carbons (Fsp3) is 0.364. The number of hydrogen-bond acceptors (Lipinski definition) is 3. The Hall–Kier alpha value is -3.02. The number of ether oxygens (including phenoxy) is 1. The van der Waals surface area contributed by atoms with Crippen LogP contribution in [0, 0.1) is 13.8 Å². The molecule has 0 saturated carbocycles. The van der Waals surface area contributed by atoms with Gasteiger partial charge in [0.1, 0.15) is 18.0 Å². The quantitative estimate of drug-likeness (QED) is 0.506. The molecule has 6 nitrogen and oxygen atoms in total. The molecule has 0 spiro atoms. The molecule has 2 aromatic heterocycles. The van der Waals surface area contributed by atoms with E-state index in [1.165, 1.54) is 11.1 Å². The molecule has 1 aromatic carbocycles. The molecular weight excluding hydrogens is 350 g/mol. The van der Waals surface area contributed by atoms with Crippen LogP contribution in [0.1, 0.15) is 16.8 Å². The van der Waals surface area contributed by atoms with Gasteiger partial charge in [-0.2, -0.15) is 0 Å². The van der Waals surface area contributed by atoms with E-state index in [0.717, 1.165) is 42.6 Å². The molecule has 6 heteroatoms. The summed E-state index contributed by atoms with van der Waals surface area (Å²) in [7, 11) is 3.82. The summed E-state index contributed by atoms with van der Waals surface area (Å²) >= 11 is 0. The van der Waals surface area contributed by atoms with Gasteiger partial charge in [-0.1, -0.05) is 23.8 Å². The molecule has 0 fully saturated rings. The third-order valence-corrected chi connectivity index (χ3v) is 4.68. The number of nitrogens with zero attached hydrogens (tertiary/aromatic N) is 4. The Bertz CT molecular complexity index is 930. The van der Waals surface area contributed by atoms with E-state index >= 15 is 0 Å². The maximum Gasteiger partial charge on any atom is 0.193 e. The first-order valence-corrected chi connectivity index (χ1v) is 9.61. The van der Waals surface area contributed by atoms with Crippen molar-refractivity contribution >= 4 is 11.6 Å². The molecular formula is C22H29N5O. The minimum absolute atomic E-state index is 0.603. The monoisotopic (exact) mass is 379 g/mol. The van der Waals surface area contributed by atoms with Crippen LogP contribution in [0.15, 0.2) is 53.8 Å². The van der Waals surface area contributed by atoms with E-state index in [0.29, 0.717) is 6.61 Å². The largest absolute Gasteiger partial charge is 0.492 e. The van der Waals surface area contributed by atoms with Gasteiger partial charge in [0, 0.05) is 39.5 Å². The van der Waals surface area contributed by atoms with Crippen LogP contribution in [0.25, 0.3) is 5.65 Å². The summed E-state index contributed by atoms with van der Waals surface area (Å²) in [5, 5.41) is 3.40. The number of guanidine groups is 1. The van der Waals surface area contributed by atoms with Crippen LogP contribution in [0.3, 0.4) is 0 Å².